The van der Waals surface area contributed by atoms with E-state index >= 15 is 0 Å². The van der Waals surface area contributed by atoms with E-state index in [-0.39, 0.29) is 5.41 Å². The zero-order chi connectivity index (χ0) is 12.3. The fourth-order valence-corrected chi connectivity index (χ4v) is 2.54. The second kappa shape index (κ2) is 5.49. The Morgan fingerprint density at radius 3 is 2.71 bits per heavy atom. The van der Waals surface area contributed by atoms with Crippen molar-refractivity contribution in [3.05, 3.63) is 0 Å². The van der Waals surface area contributed by atoms with Gasteiger partial charge < -0.3 is 9.53 Å². The minimum atomic E-state index is -0.209. The molecule has 1 heterocycles. The van der Waals surface area contributed by atoms with Gasteiger partial charge in [0.05, 0.1) is 12.0 Å². The van der Waals surface area contributed by atoms with Crippen molar-refractivity contribution < 1.29 is 9.53 Å². The van der Waals surface area contributed by atoms with Gasteiger partial charge in [-0.05, 0) is 38.1 Å². The van der Waals surface area contributed by atoms with Crippen LogP contribution in [0.1, 0.15) is 39.5 Å². The fourth-order valence-electron chi connectivity index (χ4n) is 2.54. The first kappa shape index (κ1) is 13.0. The number of ether oxygens (including phenoxy) is 1. The fraction of sp³-hybridized carbons (Fsp3) is 0.929. The predicted octanol–water partition coefficient (Wildman–Crippen LogP) is 2.10. The normalized spacial score (nSPS) is 29.2. The molecule has 0 N–H and O–H groups in total. The van der Waals surface area contributed by atoms with E-state index in [2.05, 4.69) is 18.7 Å². The maximum atomic E-state index is 11.3. The molecule has 3 heteroatoms. The summed E-state index contributed by atoms with van der Waals surface area (Å²) in [5.41, 5.74) is -0.209. The zero-order valence-electron chi connectivity index (χ0n) is 11.2. The van der Waals surface area contributed by atoms with Crippen molar-refractivity contribution in [2.45, 2.75) is 45.6 Å². The van der Waals surface area contributed by atoms with Crippen LogP contribution in [0.2, 0.25) is 0 Å². The molecule has 0 spiro atoms. The van der Waals surface area contributed by atoms with Crippen molar-refractivity contribution in [2.75, 3.05) is 26.3 Å². The Morgan fingerprint density at radius 1 is 1.47 bits per heavy atom. The Kier molecular flexibility index (Phi) is 4.21. The lowest BCUT2D eigenvalue weighted by Crippen LogP contribution is -2.41. The van der Waals surface area contributed by atoms with Gasteiger partial charge in [-0.25, -0.2) is 0 Å². The van der Waals surface area contributed by atoms with E-state index in [9.17, 15) is 4.79 Å². The number of aldehydes is 1. The van der Waals surface area contributed by atoms with Crippen molar-refractivity contribution in [1.29, 1.82) is 0 Å². The van der Waals surface area contributed by atoms with E-state index in [1.807, 2.05) is 0 Å². The molecule has 0 aromatic carbocycles. The highest BCUT2D eigenvalue weighted by atomic mass is 16.5. The molecule has 1 aliphatic heterocycles. The van der Waals surface area contributed by atoms with Crippen LogP contribution in [0.15, 0.2) is 0 Å². The Balaban J connectivity index is 1.89. The summed E-state index contributed by atoms with van der Waals surface area (Å²) in [5, 5.41) is 0. The van der Waals surface area contributed by atoms with E-state index < -0.39 is 0 Å². The van der Waals surface area contributed by atoms with Gasteiger partial charge in [-0.2, -0.15) is 0 Å². The first-order valence-corrected chi connectivity index (χ1v) is 6.93. The Hall–Kier alpha value is -0.410. The van der Waals surface area contributed by atoms with Gasteiger partial charge in [0.1, 0.15) is 6.29 Å². The van der Waals surface area contributed by atoms with E-state index in [0.29, 0.717) is 6.61 Å². The minimum Gasteiger partial charge on any atom is -0.380 e. The van der Waals surface area contributed by atoms with Gasteiger partial charge in [-0.1, -0.05) is 13.8 Å². The first-order chi connectivity index (χ1) is 8.15. The van der Waals surface area contributed by atoms with Gasteiger partial charge in [-0.15, -0.1) is 0 Å². The average Bonchev–Trinajstić information content (AvgIpc) is 3.05. The van der Waals surface area contributed by atoms with Crippen LogP contribution >= 0.6 is 0 Å². The quantitative estimate of drug-likeness (QED) is 0.637. The molecular formula is C14H25NO2. The Bertz CT molecular complexity index is 255. The Morgan fingerprint density at radius 2 is 2.24 bits per heavy atom. The highest BCUT2D eigenvalue weighted by Crippen LogP contribution is 2.33. The molecule has 1 saturated heterocycles. The third kappa shape index (κ3) is 3.52. The van der Waals surface area contributed by atoms with Crippen LogP contribution in [0.4, 0.5) is 0 Å². The van der Waals surface area contributed by atoms with Crippen LogP contribution in [0.25, 0.3) is 0 Å². The molecule has 1 aliphatic carbocycles. The Labute approximate surface area is 105 Å². The summed E-state index contributed by atoms with van der Waals surface area (Å²) in [7, 11) is 0. The molecule has 0 bridgehead atoms. The second-order valence-corrected chi connectivity index (χ2v) is 6.17. The van der Waals surface area contributed by atoms with Gasteiger partial charge in [0.2, 0.25) is 0 Å². The van der Waals surface area contributed by atoms with Crippen LogP contribution in [0.5, 0.6) is 0 Å². The summed E-state index contributed by atoms with van der Waals surface area (Å²) in [5.74, 6) is 0.739. The molecule has 17 heavy (non-hydrogen) atoms. The number of carbonyl (C=O) groups is 1. The molecule has 0 aromatic heterocycles. The van der Waals surface area contributed by atoms with Crippen LogP contribution in [-0.4, -0.2) is 43.5 Å². The molecule has 2 fully saturated rings. The largest absolute Gasteiger partial charge is 0.380 e. The lowest BCUT2D eigenvalue weighted by molar-refractivity contribution is -0.117. The van der Waals surface area contributed by atoms with E-state index in [4.69, 9.17) is 4.74 Å². The number of carbonyl (C=O) groups excluding carboxylic acids is 1. The number of rotatable bonds is 7. The van der Waals surface area contributed by atoms with Gasteiger partial charge in [-0.3, -0.25) is 4.90 Å². The van der Waals surface area contributed by atoms with Gasteiger partial charge in [0.15, 0.2) is 0 Å². The van der Waals surface area contributed by atoms with Crippen LogP contribution in [0.3, 0.4) is 0 Å². The van der Waals surface area contributed by atoms with Crippen LogP contribution in [-0.2, 0) is 9.53 Å². The molecule has 2 aliphatic rings. The van der Waals surface area contributed by atoms with Crippen LogP contribution in [0, 0.1) is 11.3 Å². The van der Waals surface area contributed by atoms with Crippen LogP contribution < -0.4 is 0 Å². The summed E-state index contributed by atoms with van der Waals surface area (Å²) in [4.78, 5) is 13.9. The van der Waals surface area contributed by atoms with Crippen molar-refractivity contribution in [1.82, 2.24) is 4.90 Å². The number of nitrogens with zero attached hydrogens (tertiary/aromatic N) is 1. The molecule has 98 valence electrons. The molecule has 2 rings (SSSR count). The first-order valence-electron chi connectivity index (χ1n) is 6.93. The molecule has 0 radical (unpaired) electrons. The summed E-state index contributed by atoms with van der Waals surface area (Å²) >= 11 is 0. The molecule has 1 saturated carbocycles. The van der Waals surface area contributed by atoms with Crippen molar-refractivity contribution >= 4 is 6.29 Å². The van der Waals surface area contributed by atoms with Crippen molar-refractivity contribution in [3.8, 4) is 0 Å². The predicted molar refractivity (Wildman–Crippen MR) is 68.0 cm³/mol. The summed E-state index contributed by atoms with van der Waals surface area (Å²) in [6.45, 7) is 7.95. The zero-order valence-corrected chi connectivity index (χ0v) is 11.2. The maximum Gasteiger partial charge on any atom is 0.129 e. The van der Waals surface area contributed by atoms with Gasteiger partial charge >= 0.3 is 0 Å². The van der Waals surface area contributed by atoms with Crippen molar-refractivity contribution in [3.63, 3.8) is 0 Å². The average molecular weight is 239 g/mol. The number of hydrogen-bond acceptors (Lipinski definition) is 3. The summed E-state index contributed by atoms with van der Waals surface area (Å²) in [6, 6.07) is 0.742. The molecule has 1 atom stereocenters. The molecule has 0 amide bonds. The smallest absolute Gasteiger partial charge is 0.129 e. The van der Waals surface area contributed by atoms with E-state index in [1.165, 1.54) is 19.3 Å². The van der Waals surface area contributed by atoms with E-state index in [1.54, 1.807) is 0 Å². The second-order valence-electron chi connectivity index (χ2n) is 6.17. The van der Waals surface area contributed by atoms with Gasteiger partial charge in [0, 0.05) is 19.2 Å². The molecule has 1 unspecified atom stereocenters. The highest BCUT2D eigenvalue weighted by Gasteiger charge is 2.40. The molecular weight excluding hydrogens is 214 g/mol. The third-order valence-electron chi connectivity index (χ3n) is 3.96. The third-order valence-corrected chi connectivity index (χ3v) is 3.96. The van der Waals surface area contributed by atoms with Gasteiger partial charge in [0.25, 0.3) is 0 Å². The monoisotopic (exact) mass is 239 g/mol. The topological polar surface area (TPSA) is 29.5 Å². The standard InChI is InChI=1S/C14H25NO2/c1-12(2)5-7-15(13-3-4-13)9-14(10-16)6-8-17-11-14/h10,12-13H,3-9,11H2,1-2H3. The molecule has 0 aromatic rings. The lowest BCUT2D eigenvalue weighted by Gasteiger charge is -2.30. The lowest BCUT2D eigenvalue weighted by atomic mass is 9.88. The summed E-state index contributed by atoms with van der Waals surface area (Å²) < 4.78 is 5.42. The van der Waals surface area contributed by atoms with E-state index in [0.717, 1.165) is 44.4 Å². The maximum absolute atomic E-state index is 11.3. The highest BCUT2D eigenvalue weighted by molar-refractivity contribution is 5.60. The van der Waals surface area contributed by atoms with Crippen molar-refractivity contribution in [2.24, 2.45) is 11.3 Å². The summed E-state index contributed by atoms with van der Waals surface area (Å²) in [6.07, 6.45) is 5.90. The molecule has 3 nitrogen and oxygen atoms in total. The number of hydrogen-bond donors (Lipinski definition) is 0. The minimum absolute atomic E-state index is 0.209. The SMILES string of the molecule is CC(C)CCN(CC1(C=O)CCOC1)C1CC1.